The number of thiazole rings is 1. The molecule has 1 aromatic heterocycles. The first-order valence-electron chi connectivity index (χ1n) is 8.31. The molecule has 3 rings (SSSR count). The summed E-state index contributed by atoms with van der Waals surface area (Å²) in [6.45, 7) is 8.34. The van der Waals surface area contributed by atoms with Gasteiger partial charge >= 0.3 is 0 Å². The van der Waals surface area contributed by atoms with Gasteiger partial charge in [-0.1, -0.05) is 18.2 Å². The molecule has 3 nitrogen and oxygen atoms in total. The van der Waals surface area contributed by atoms with Crippen LogP contribution in [-0.2, 0) is 11.2 Å². The van der Waals surface area contributed by atoms with Crippen molar-refractivity contribution in [1.82, 2.24) is 4.98 Å². The Balaban J connectivity index is 1.73. The summed E-state index contributed by atoms with van der Waals surface area (Å²) in [7, 11) is 0. The highest BCUT2D eigenvalue weighted by Gasteiger charge is 2.12. The lowest BCUT2D eigenvalue weighted by Gasteiger charge is -2.07. The lowest BCUT2D eigenvalue weighted by Crippen LogP contribution is -2.14. The third kappa shape index (κ3) is 4.15. The molecule has 128 valence electrons. The molecule has 0 saturated heterocycles. The zero-order valence-corrected chi connectivity index (χ0v) is 15.8. The normalized spacial score (nSPS) is 10.7. The van der Waals surface area contributed by atoms with Gasteiger partial charge in [-0.15, -0.1) is 11.3 Å². The Morgan fingerprint density at radius 3 is 2.56 bits per heavy atom. The summed E-state index contributed by atoms with van der Waals surface area (Å²) in [6, 6.07) is 12.2. The maximum absolute atomic E-state index is 12.3. The standard InChI is InChI=1S/C21H22N2OS/c1-13-6-5-7-17(8-13)22-20(24)11-21-23-19(12-25-21)18-10-15(3)14(2)9-16(18)4/h5-10,12H,11H2,1-4H3,(H,22,24). The monoisotopic (exact) mass is 350 g/mol. The van der Waals surface area contributed by atoms with Crippen LogP contribution in [0.1, 0.15) is 27.3 Å². The fourth-order valence-electron chi connectivity index (χ4n) is 2.82. The Bertz CT molecular complexity index is 927. The van der Waals surface area contributed by atoms with Gasteiger partial charge < -0.3 is 5.32 Å². The molecular formula is C21H22N2OS. The van der Waals surface area contributed by atoms with Crippen LogP contribution < -0.4 is 5.32 Å². The summed E-state index contributed by atoms with van der Waals surface area (Å²) in [5, 5.41) is 5.80. The SMILES string of the molecule is Cc1cccc(NC(=O)Cc2nc(-c3cc(C)c(C)cc3C)cs2)c1. The van der Waals surface area contributed by atoms with Gasteiger partial charge in [0.1, 0.15) is 5.01 Å². The van der Waals surface area contributed by atoms with E-state index in [4.69, 9.17) is 0 Å². The van der Waals surface area contributed by atoms with Crippen LogP contribution in [0.2, 0.25) is 0 Å². The number of amides is 1. The Morgan fingerprint density at radius 2 is 1.80 bits per heavy atom. The molecule has 0 radical (unpaired) electrons. The summed E-state index contributed by atoms with van der Waals surface area (Å²) in [5.41, 5.74) is 7.80. The van der Waals surface area contributed by atoms with Crippen molar-refractivity contribution in [3.8, 4) is 11.3 Å². The number of hydrogen-bond donors (Lipinski definition) is 1. The van der Waals surface area contributed by atoms with Crippen molar-refractivity contribution in [3.63, 3.8) is 0 Å². The second-order valence-corrected chi connectivity index (χ2v) is 7.41. The zero-order valence-electron chi connectivity index (χ0n) is 15.0. The Kier molecular flexibility index (Phi) is 5.00. The van der Waals surface area contributed by atoms with E-state index in [-0.39, 0.29) is 5.91 Å². The fourth-order valence-corrected chi connectivity index (χ4v) is 3.61. The van der Waals surface area contributed by atoms with Crippen LogP contribution in [0.15, 0.2) is 41.8 Å². The molecule has 25 heavy (non-hydrogen) atoms. The van der Waals surface area contributed by atoms with Crippen molar-refractivity contribution in [2.24, 2.45) is 0 Å². The molecule has 1 heterocycles. The smallest absolute Gasteiger partial charge is 0.231 e. The lowest BCUT2D eigenvalue weighted by molar-refractivity contribution is -0.115. The molecule has 0 aliphatic carbocycles. The van der Waals surface area contributed by atoms with E-state index in [2.05, 4.69) is 43.2 Å². The summed E-state index contributed by atoms with van der Waals surface area (Å²) in [5.74, 6) is -0.0386. The van der Waals surface area contributed by atoms with Gasteiger partial charge in [-0.3, -0.25) is 4.79 Å². The van der Waals surface area contributed by atoms with E-state index in [9.17, 15) is 4.79 Å². The van der Waals surface area contributed by atoms with Crippen LogP contribution in [0.5, 0.6) is 0 Å². The van der Waals surface area contributed by atoms with Crippen molar-refractivity contribution in [2.75, 3.05) is 5.32 Å². The van der Waals surface area contributed by atoms with Crippen LogP contribution >= 0.6 is 11.3 Å². The third-order valence-corrected chi connectivity index (χ3v) is 5.13. The van der Waals surface area contributed by atoms with Crippen LogP contribution in [0.3, 0.4) is 0 Å². The second-order valence-electron chi connectivity index (χ2n) is 6.47. The zero-order chi connectivity index (χ0) is 18.0. The van der Waals surface area contributed by atoms with Crippen molar-refractivity contribution in [3.05, 3.63) is 69.0 Å². The molecule has 0 atom stereocenters. The molecule has 0 aliphatic heterocycles. The van der Waals surface area contributed by atoms with Gasteiger partial charge in [0.25, 0.3) is 0 Å². The molecular weight excluding hydrogens is 328 g/mol. The molecule has 0 unspecified atom stereocenters. The molecule has 0 spiro atoms. The highest BCUT2D eigenvalue weighted by molar-refractivity contribution is 7.10. The summed E-state index contributed by atoms with van der Waals surface area (Å²) < 4.78 is 0. The van der Waals surface area contributed by atoms with Crippen molar-refractivity contribution < 1.29 is 4.79 Å². The Hall–Kier alpha value is -2.46. The second kappa shape index (κ2) is 7.19. The van der Waals surface area contributed by atoms with Gasteiger partial charge in [-0.05, 0) is 68.1 Å². The van der Waals surface area contributed by atoms with Gasteiger partial charge in [0.15, 0.2) is 0 Å². The van der Waals surface area contributed by atoms with Gasteiger partial charge in [-0.25, -0.2) is 4.98 Å². The van der Waals surface area contributed by atoms with E-state index in [0.717, 1.165) is 27.5 Å². The largest absolute Gasteiger partial charge is 0.326 e. The van der Waals surface area contributed by atoms with Crippen LogP contribution in [0.25, 0.3) is 11.3 Å². The maximum atomic E-state index is 12.3. The first-order chi connectivity index (χ1) is 11.9. The minimum atomic E-state index is -0.0386. The number of rotatable bonds is 4. The van der Waals surface area contributed by atoms with E-state index in [0.29, 0.717) is 6.42 Å². The molecule has 0 saturated carbocycles. The predicted octanol–water partition coefficient (Wildman–Crippen LogP) is 5.22. The van der Waals surface area contributed by atoms with E-state index in [1.165, 1.54) is 28.0 Å². The average Bonchev–Trinajstić information content (AvgIpc) is 2.99. The number of hydrogen-bond acceptors (Lipinski definition) is 3. The highest BCUT2D eigenvalue weighted by Crippen LogP contribution is 2.28. The third-order valence-electron chi connectivity index (χ3n) is 4.28. The maximum Gasteiger partial charge on any atom is 0.231 e. The van der Waals surface area contributed by atoms with E-state index < -0.39 is 0 Å². The Morgan fingerprint density at radius 1 is 1.04 bits per heavy atom. The fraction of sp³-hybridized carbons (Fsp3) is 0.238. The van der Waals surface area contributed by atoms with Crippen LogP contribution in [0, 0.1) is 27.7 Å². The summed E-state index contributed by atoms with van der Waals surface area (Å²) in [6.07, 6.45) is 0.294. The Labute approximate surface area is 152 Å². The number of benzene rings is 2. The number of carbonyl (C=O) groups excluding carboxylic acids is 1. The van der Waals surface area contributed by atoms with Crippen molar-refractivity contribution in [1.29, 1.82) is 0 Å². The number of aromatic nitrogens is 1. The molecule has 0 aliphatic rings. The first kappa shape index (κ1) is 17.4. The molecule has 1 N–H and O–H groups in total. The molecule has 1 amide bonds. The number of nitrogens with one attached hydrogen (secondary N) is 1. The minimum Gasteiger partial charge on any atom is -0.326 e. The van der Waals surface area contributed by atoms with Crippen molar-refractivity contribution in [2.45, 2.75) is 34.1 Å². The van der Waals surface area contributed by atoms with Crippen LogP contribution in [-0.4, -0.2) is 10.9 Å². The minimum absolute atomic E-state index is 0.0386. The molecule has 0 fully saturated rings. The number of nitrogens with zero attached hydrogens (tertiary/aromatic N) is 1. The van der Waals surface area contributed by atoms with Gasteiger partial charge in [0.2, 0.25) is 5.91 Å². The van der Waals surface area contributed by atoms with Gasteiger partial charge in [-0.2, -0.15) is 0 Å². The number of carbonyl (C=O) groups is 1. The molecule has 0 bridgehead atoms. The van der Waals surface area contributed by atoms with E-state index in [1.54, 1.807) is 0 Å². The molecule has 4 heteroatoms. The lowest BCUT2D eigenvalue weighted by atomic mass is 9.99. The summed E-state index contributed by atoms with van der Waals surface area (Å²) in [4.78, 5) is 16.9. The van der Waals surface area contributed by atoms with E-state index >= 15 is 0 Å². The molecule has 3 aromatic rings. The highest BCUT2D eigenvalue weighted by atomic mass is 32.1. The quantitative estimate of drug-likeness (QED) is 0.700. The topological polar surface area (TPSA) is 42.0 Å². The number of anilines is 1. The average molecular weight is 350 g/mol. The van der Waals surface area contributed by atoms with Gasteiger partial charge in [0, 0.05) is 16.6 Å². The molecule has 2 aromatic carbocycles. The first-order valence-corrected chi connectivity index (χ1v) is 9.19. The van der Waals surface area contributed by atoms with Crippen LogP contribution in [0.4, 0.5) is 5.69 Å². The van der Waals surface area contributed by atoms with Crippen molar-refractivity contribution >= 4 is 22.9 Å². The summed E-state index contributed by atoms with van der Waals surface area (Å²) >= 11 is 1.53. The van der Waals surface area contributed by atoms with Gasteiger partial charge in [0.05, 0.1) is 12.1 Å². The van der Waals surface area contributed by atoms with E-state index in [1.807, 2.05) is 36.6 Å². The number of aryl methyl sites for hydroxylation is 4. The predicted molar refractivity (Wildman–Crippen MR) is 105 cm³/mol.